The highest BCUT2D eigenvalue weighted by atomic mass is 32.1. The molecule has 0 radical (unpaired) electrons. The number of rotatable bonds is 0. The first kappa shape index (κ1) is 8.54. The van der Waals surface area contributed by atoms with E-state index in [4.69, 9.17) is 10.9 Å². The molecule has 0 aromatic carbocycles. The molecule has 2 aromatic heterocycles. The molecule has 64 valence electrons. The van der Waals surface area contributed by atoms with E-state index in [-0.39, 0.29) is 0 Å². The molecule has 0 aliphatic carbocycles. The second kappa shape index (κ2) is 4.35. The predicted molar refractivity (Wildman–Crippen MR) is 45.9 cm³/mol. The Kier molecular flexibility index (Phi) is 3.09. The Morgan fingerprint density at radius 3 is 2.50 bits per heavy atom. The molecule has 2 aromatic rings. The van der Waals surface area contributed by atoms with E-state index < -0.39 is 0 Å². The second-order valence-corrected chi connectivity index (χ2v) is 2.72. The zero-order valence-corrected chi connectivity index (χ0v) is 6.98. The minimum atomic E-state index is 0.634. The third-order valence-corrected chi connectivity index (χ3v) is 1.55. The van der Waals surface area contributed by atoms with Crippen molar-refractivity contribution in [3.63, 3.8) is 0 Å². The predicted octanol–water partition coefficient (Wildman–Crippen LogP) is 0.846. The summed E-state index contributed by atoms with van der Waals surface area (Å²) in [5, 5.41) is 14.1. The van der Waals surface area contributed by atoms with E-state index in [1.807, 2.05) is 5.38 Å². The average Bonchev–Trinajstić information content (AvgIpc) is 2.63. The van der Waals surface area contributed by atoms with Gasteiger partial charge in [0.15, 0.2) is 5.13 Å². The Bertz CT molecular complexity index is 259. The molecule has 5 nitrogen and oxygen atoms in total. The standard InChI is InChI=1S/C3H4N2O.C3H4N2S/c6-5-3-1-2-4-5;4-3-5-1-2-6-3/h1-3,6H;1-2H,(H2,4,5). The molecule has 12 heavy (non-hydrogen) atoms. The second-order valence-electron chi connectivity index (χ2n) is 1.80. The van der Waals surface area contributed by atoms with Gasteiger partial charge in [-0.3, -0.25) is 0 Å². The first-order chi connectivity index (χ1) is 5.79. The van der Waals surface area contributed by atoms with Gasteiger partial charge in [0.25, 0.3) is 0 Å². The van der Waals surface area contributed by atoms with Crippen molar-refractivity contribution < 1.29 is 5.21 Å². The number of nitrogens with zero attached hydrogens (tertiary/aromatic N) is 3. The first-order valence-corrected chi connectivity index (χ1v) is 4.01. The van der Waals surface area contributed by atoms with Gasteiger partial charge in [-0.15, -0.1) is 21.3 Å². The molecule has 0 aliphatic rings. The number of nitrogen functional groups attached to an aromatic ring is 1. The summed E-state index contributed by atoms with van der Waals surface area (Å²) in [5.74, 6) is 0. The van der Waals surface area contributed by atoms with E-state index in [2.05, 4.69) is 10.1 Å². The summed E-state index contributed by atoms with van der Waals surface area (Å²) in [6.45, 7) is 0. The van der Waals surface area contributed by atoms with Gasteiger partial charge in [0, 0.05) is 11.6 Å². The molecule has 2 rings (SSSR count). The lowest BCUT2D eigenvalue weighted by atomic mass is 10.8. The summed E-state index contributed by atoms with van der Waals surface area (Å²) in [6, 6.07) is 1.64. The number of thiazole rings is 1. The highest BCUT2D eigenvalue weighted by molar-refractivity contribution is 7.13. The third kappa shape index (κ3) is 3.02. The van der Waals surface area contributed by atoms with Crippen LogP contribution in [0.3, 0.4) is 0 Å². The van der Waals surface area contributed by atoms with E-state index in [0.29, 0.717) is 5.13 Å². The molecule has 3 N–H and O–H groups in total. The summed E-state index contributed by atoms with van der Waals surface area (Å²) >= 11 is 1.44. The van der Waals surface area contributed by atoms with Gasteiger partial charge in [-0.25, -0.2) is 4.98 Å². The molecule has 0 amide bonds. The summed E-state index contributed by atoms with van der Waals surface area (Å²) in [4.78, 5) is 4.46. The zero-order chi connectivity index (χ0) is 8.81. The molecule has 0 unspecified atom stereocenters. The van der Waals surface area contributed by atoms with Crippen molar-refractivity contribution in [1.82, 2.24) is 14.9 Å². The van der Waals surface area contributed by atoms with Crippen LogP contribution in [0.1, 0.15) is 0 Å². The summed E-state index contributed by atoms with van der Waals surface area (Å²) in [6.07, 6.45) is 4.62. The molecule has 0 saturated heterocycles. The quantitative estimate of drug-likeness (QED) is 0.595. The monoisotopic (exact) mass is 184 g/mol. The molecule has 6 heteroatoms. The van der Waals surface area contributed by atoms with Gasteiger partial charge in [0.2, 0.25) is 0 Å². The average molecular weight is 184 g/mol. The Balaban J connectivity index is 0.000000120. The smallest absolute Gasteiger partial charge is 0.179 e. The van der Waals surface area contributed by atoms with Crippen LogP contribution in [-0.2, 0) is 0 Å². The lowest BCUT2D eigenvalue weighted by Crippen LogP contribution is -1.86. The highest BCUT2D eigenvalue weighted by Gasteiger charge is 1.76. The SMILES string of the molecule is Nc1nccs1.On1cccn1. The highest BCUT2D eigenvalue weighted by Crippen LogP contribution is 2.02. The maximum Gasteiger partial charge on any atom is 0.179 e. The Morgan fingerprint density at radius 1 is 1.50 bits per heavy atom. The van der Waals surface area contributed by atoms with Gasteiger partial charge in [-0.05, 0) is 6.07 Å². The van der Waals surface area contributed by atoms with E-state index >= 15 is 0 Å². The van der Waals surface area contributed by atoms with Crippen LogP contribution >= 0.6 is 11.3 Å². The minimum Gasteiger partial charge on any atom is -0.412 e. The first-order valence-electron chi connectivity index (χ1n) is 3.13. The fraction of sp³-hybridized carbons (Fsp3) is 0. The zero-order valence-electron chi connectivity index (χ0n) is 6.16. The number of hydrogen-bond donors (Lipinski definition) is 2. The number of hydrogen-bond acceptors (Lipinski definition) is 5. The van der Waals surface area contributed by atoms with Crippen LogP contribution in [0, 0.1) is 0 Å². The fourth-order valence-electron chi connectivity index (χ4n) is 0.495. The largest absolute Gasteiger partial charge is 0.412 e. The Labute approximate surface area is 73.0 Å². The van der Waals surface area contributed by atoms with Crippen molar-refractivity contribution in [1.29, 1.82) is 0 Å². The fourth-order valence-corrected chi connectivity index (χ4v) is 0.878. The van der Waals surface area contributed by atoms with Crippen LogP contribution in [0.15, 0.2) is 30.0 Å². The molecular weight excluding hydrogens is 176 g/mol. The van der Waals surface area contributed by atoms with Crippen LogP contribution in [-0.4, -0.2) is 20.1 Å². The van der Waals surface area contributed by atoms with E-state index in [1.54, 1.807) is 12.3 Å². The molecular formula is C6H8N4OS. The van der Waals surface area contributed by atoms with Crippen LogP contribution in [0.25, 0.3) is 0 Å². The van der Waals surface area contributed by atoms with Gasteiger partial charge in [0.1, 0.15) is 0 Å². The molecule has 0 fully saturated rings. The third-order valence-electron chi connectivity index (χ3n) is 0.942. The van der Waals surface area contributed by atoms with E-state index in [0.717, 1.165) is 4.85 Å². The van der Waals surface area contributed by atoms with Gasteiger partial charge in [0.05, 0.1) is 12.4 Å². The van der Waals surface area contributed by atoms with Crippen LogP contribution < -0.4 is 5.73 Å². The summed E-state index contributed by atoms with van der Waals surface area (Å²) in [7, 11) is 0. The lowest BCUT2D eigenvalue weighted by molar-refractivity contribution is 0.149. The Morgan fingerprint density at radius 2 is 2.33 bits per heavy atom. The van der Waals surface area contributed by atoms with E-state index in [1.165, 1.54) is 23.7 Å². The Hall–Kier alpha value is -1.56. The maximum absolute atomic E-state index is 8.28. The summed E-state index contributed by atoms with van der Waals surface area (Å²) in [5.41, 5.74) is 5.19. The van der Waals surface area contributed by atoms with Gasteiger partial charge in [-0.2, -0.15) is 0 Å². The maximum atomic E-state index is 8.28. The molecule has 2 heterocycles. The van der Waals surface area contributed by atoms with Crippen molar-refractivity contribution in [2.24, 2.45) is 0 Å². The molecule has 0 saturated carbocycles. The molecule has 0 spiro atoms. The molecule has 0 aliphatic heterocycles. The van der Waals surface area contributed by atoms with Gasteiger partial charge < -0.3 is 10.9 Å². The minimum absolute atomic E-state index is 0.634. The van der Waals surface area contributed by atoms with Crippen molar-refractivity contribution in [2.45, 2.75) is 0 Å². The van der Waals surface area contributed by atoms with Crippen LogP contribution in [0.2, 0.25) is 0 Å². The van der Waals surface area contributed by atoms with Crippen molar-refractivity contribution in [2.75, 3.05) is 5.73 Å². The van der Waals surface area contributed by atoms with Crippen molar-refractivity contribution >= 4 is 16.5 Å². The lowest BCUT2D eigenvalue weighted by Gasteiger charge is -1.76. The van der Waals surface area contributed by atoms with Crippen molar-refractivity contribution in [3.8, 4) is 0 Å². The topological polar surface area (TPSA) is 77.0 Å². The molecule has 0 bridgehead atoms. The van der Waals surface area contributed by atoms with Crippen molar-refractivity contribution in [3.05, 3.63) is 30.0 Å². The summed E-state index contributed by atoms with van der Waals surface area (Å²) < 4.78 is 0. The number of nitrogens with two attached hydrogens (primary N) is 1. The van der Waals surface area contributed by atoms with E-state index in [9.17, 15) is 0 Å². The van der Waals surface area contributed by atoms with Crippen LogP contribution in [0.4, 0.5) is 5.13 Å². The number of anilines is 1. The van der Waals surface area contributed by atoms with Gasteiger partial charge in [-0.1, -0.05) is 0 Å². The van der Waals surface area contributed by atoms with Crippen LogP contribution in [0.5, 0.6) is 0 Å². The normalized spacial score (nSPS) is 8.67. The van der Waals surface area contributed by atoms with Gasteiger partial charge >= 0.3 is 0 Å². The molecule has 0 atom stereocenters. The number of aromatic nitrogens is 3.